The van der Waals surface area contributed by atoms with Crippen molar-refractivity contribution in [1.82, 2.24) is 0 Å². The number of aliphatic hydroxyl groups excluding tert-OH is 1. The van der Waals surface area contributed by atoms with Gasteiger partial charge in [0.25, 0.3) is 0 Å². The lowest BCUT2D eigenvalue weighted by molar-refractivity contribution is -0.185. The Morgan fingerprint density at radius 1 is 1.04 bits per heavy atom. The van der Waals surface area contributed by atoms with E-state index >= 15 is 0 Å². The number of esters is 1. The zero-order valence-electron chi connectivity index (χ0n) is 15.9. The van der Waals surface area contributed by atoms with E-state index in [9.17, 15) is 9.90 Å². The van der Waals surface area contributed by atoms with Crippen molar-refractivity contribution >= 4 is 5.97 Å². The van der Waals surface area contributed by atoms with Gasteiger partial charge < -0.3 is 9.84 Å². The average Bonchev–Trinajstić information content (AvgIpc) is 2.70. The monoisotopic (exact) mass is 334 g/mol. The summed E-state index contributed by atoms with van der Waals surface area (Å²) in [4.78, 5) is 12.6. The van der Waals surface area contributed by atoms with Crippen LogP contribution in [0, 0.1) is 33.5 Å². The van der Waals surface area contributed by atoms with E-state index < -0.39 is 0 Å². The molecule has 4 aliphatic rings. The highest BCUT2D eigenvalue weighted by Crippen LogP contribution is 2.73. The van der Waals surface area contributed by atoms with E-state index in [1.807, 2.05) is 0 Å². The van der Waals surface area contributed by atoms with Crippen molar-refractivity contribution in [1.29, 1.82) is 0 Å². The second kappa shape index (κ2) is 4.99. The Hall–Kier alpha value is -0.570. The maximum Gasteiger partial charge on any atom is 0.311 e. The first-order valence-electron chi connectivity index (χ1n) is 9.97. The second-order valence-corrected chi connectivity index (χ2v) is 10.4. The third kappa shape index (κ3) is 1.91. The van der Waals surface area contributed by atoms with E-state index in [-0.39, 0.29) is 28.3 Å². The van der Waals surface area contributed by atoms with Gasteiger partial charge >= 0.3 is 5.97 Å². The van der Waals surface area contributed by atoms with Gasteiger partial charge in [0.2, 0.25) is 0 Å². The van der Waals surface area contributed by atoms with Crippen LogP contribution in [0.25, 0.3) is 0 Å². The van der Waals surface area contributed by atoms with Gasteiger partial charge in [0.05, 0.1) is 18.6 Å². The van der Waals surface area contributed by atoms with Crippen molar-refractivity contribution in [2.75, 3.05) is 7.11 Å². The number of hydrogen-bond acceptors (Lipinski definition) is 3. The van der Waals surface area contributed by atoms with Crippen LogP contribution < -0.4 is 0 Å². The molecule has 4 fully saturated rings. The highest BCUT2D eigenvalue weighted by molar-refractivity contribution is 5.77. The molecule has 4 aliphatic carbocycles. The standard InChI is InChI=1S/C21H34O3/c1-18-10-6-15-19(2)8-5-9-20(3,17(23)24-4)14(19)7-11-21(15,13-18)12-16(18)22/h14-16,22H,5-13H2,1-4H3/t14-,15?,16+,18-,19+,20+,21-/m0/s1. The van der Waals surface area contributed by atoms with Gasteiger partial charge in [-0.15, -0.1) is 0 Å². The zero-order chi connectivity index (χ0) is 17.4. The number of aliphatic hydroxyl groups is 1. The molecular weight excluding hydrogens is 300 g/mol. The van der Waals surface area contributed by atoms with Crippen LogP contribution in [0.3, 0.4) is 0 Å². The number of ether oxygens (including phenoxy) is 1. The summed E-state index contributed by atoms with van der Waals surface area (Å²) in [6, 6.07) is 0. The van der Waals surface area contributed by atoms with Crippen molar-refractivity contribution in [2.24, 2.45) is 33.5 Å². The van der Waals surface area contributed by atoms with Crippen LogP contribution in [-0.2, 0) is 9.53 Å². The normalized spacial score (nSPS) is 56.3. The molecule has 4 saturated carbocycles. The molecule has 0 aliphatic heterocycles. The van der Waals surface area contributed by atoms with Crippen molar-refractivity contribution in [3.05, 3.63) is 0 Å². The summed E-state index contributed by atoms with van der Waals surface area (Å²) in [6.07, 6.45) is 10.1. The van der Waals surface area contributed by atoms with Crippen LogP contribution in [0.4, 0.5) is 0 Å². The summed E-state index contributed by atoms with van der Waals surface area (Å²) in [5, 5.41) is 10.7. The Kier molecular flexibility index (Phi) is 3.51. The highest BCUT2D eigenvalue weighted by atomic mass is 16.5. The SMILES string of the molecule is COC(=O)[C@]1(C)CCC[C@@]2(C)C3CC[C@@]4(C)C[C@]3(CC[C@H]12)C[C@H]4O. The molecule has 0 aromatic carbocycles. The first-order valence-corrected chi connectivity index (χ1v) is 9.97. The largest absolute Gasteiger partial charge is 0.469 e. The fourth-order valence-electron chi connectivity index (χ4n) is 8.21. The Bertz CT molecular complexity index is 559. The molecule has 4 rings (SSSR count). The van der Waals surface area contributed by atoms with Crippen LogP contribution in [-0.4, -0.2) is 24.3 Å². The van der Waals surface area contributed by atoms with E-state index in [2.05, 4.69) is 20.8 Å². The molecule has 1 N–H and O–H groups in total. The van der Waals surface area contributed by atoms with Gasteiger partial charge in [0, 0.05) is 0 Å². The van der Waals surface area contributed by atoms with Crippen molar-refractivity contribution in [3.63, 3.8) is 0 Å². The van der Waals surface area contributed by atoms with Crippen LogP contribution in [0.15, 0.2) is 0 Å². The maximum atomic E-state index is 12.6. The third-order valence-electron chi connectivity index (χ3n) is 9.26. The minimum absolute atomic E-state index is 0.00137. The van der Waals surface area contributed by atoms with Crippen molar-refractivity contribution in [3.8, 4) is 0 Å². The number of fused-ring (bicyclic) bond motifs is 3. The van der Waals surface area contributed by atoms with Crippen molar-refractivity contribution < 1.29 is 14.6 Å². The summed E-state index contributed by atoms with van der Waals surface area (Å²) in [7, 11) is 1.54. The molecule has 136 valence electrons. The maximum absolute atomic E-state index is 12.6. The summed E-state index contributed by atoms with van der Waals surface area (Å²) in [5.74, 6) is 1.10. The lowest BCUT2D eigenvalue weighted by Gasteiger charge is -2.64. The summed E-state index contributed by atoms with van der Waals surface area (Å²) in [6.45, 7) is 6.93. The lowest BCUT2D eigenvalue weighted by atomic mass is 9.40. The molecule has 0 saturated heterocycles. The Morgan fingerprint density at radius 3 is 2.46 bits per heavy atom. The summed E-state index contributed by atoms with van der Waals surface area (Å²) < 4.78 is 5.24. The van der Waals surface area contributed by atoms with Crippen LogP contribution >= 0.6 is 0 Å². The van der Waals surface area contributed by atoms with Gasteiger partial charge in [-0.25, -0.2) is 0 Å². The Balaban J connectivity index is 1.72. The Labute approximate surface area is 146 Å². The molecule has 3 nitrogen and oxygen atoms in total. The van der Waals surface area contributed by atoms with E-state index in [0.29, 0.717) is 17.3 Å². The molecule has 0 aromatic heterocycles. The topological polar surface area (TPSA) is 46.5 Å². The van der Waals surface area contributed by atoms with E-state index in [1.165, 1.54) is 25.7 Å². The van der Waals surface area contributed by atoms with Crippen LogP contribution in [0.2, 0.25) is 0 Å². The molecule has 0 radical (unpaired) electrons. The van der Waals surface area contributed by atoms with E-state index in [0.717, 1.165) is 32.1 Å². The molecular formula is C21H34O3. The van der Waals surface area contributed by atoms with Crippen LogP contribution in [0.1, 0.15) is 78.6 Å². The molecule has 7 atom stereocenters. The predicted octanol–water partition coefficient (Wildman–Crippen LogP) is 4.32. The second-order valence-electron chi connectivity index (χ2n) is 10.4. The average molecular weight is 335 g/mol. The summed E-state index contributed by atoms with van der Waals surface area (Å²) in [5.41, 5.74) is 0.373. The van der Waals surface area contributed by atoms with Gasteiger partial charge in [-0.1, -0.05) is 20.3 Å². The quantitative estimate of drug-likeness (QED) is 0.726. The molecule has 0 heterocycles. The van der Waals surface area contributed by atoms with Gasteiger partial charge in [-0.3, -0.25) is 4.79 Å². The zero-order valence-corrected chi connectivity index (χ0v) is 15.9. The van der Waals surface area contributed by atoms with Gasteiger partial charge in [0.15, 0.2) is 0 Å². The predicted molar refractivity (Wildman–Crippen MR) is 93.3 cm³/mol. The Morgan fingerprint density at radius 2 is 1.75 bits per heavy atom. The summed E-state index contributed by atoms with van der Waals surface area (Å²) >= 11 is 0. The van der Waals surface area contributed by atoms with Gasteiger partial charge in [-0.2, -0.15) is 0 Å². The lowest BCUT2D eigenvalue weighted by Crippen LogP contribution is -2.58. The number of carbonyl (C=O) groups excluding carboxylic acids is 1. The van der Waals surface area contributed by atoms with Gasteiger partial charge in [0.1, 0.15) is 0 Å². The van der Waals surface area contributed by atoms with Crippen molar-refractivity contribution in [2.45, 2.75) is 84.7 Å². The minimum Gasteiger partial charge on any atom is -0.469 e. The number of methoxy groups -OCH3 is 1. The number of rotatable bonds is 1. The number of carbonyl (C=O) groups is 1. The first-order chi connectivity index (χ1) is 11.2. The molecule has 2 bridgehead atoms. The minimum atomic E-state index is -0.318. The fraction of sp³-hybridized carbons (Fsp3) is 0.952. The van der Waals surface area contributed by atoms with E-state index in [1.54, 1.807) is 7.11 Å². The van der Waals surface area contributed by atoms with Crippen LogP contribution in [0.5, 0.6) is 0 Å². The third-order valence-corrected chi connectivity index (χ3v) is 9.26. The molecule has 0 aromatic rings. The molecule has 24 heavy (non-hydrogen) atoms. The number of hydrogen-bond donors (Lipinski definition) is 1. The highest BCUT2D eigenvalue weighted by Gasteiger charge is 2.68. The van der Waals surface area contributed by atoms with E-state index in [4.69, 9.17) is 4.74 Å². The molecule has 0 amide bonds. The smallest absolute Gasteiger partial charge is 0.311 e. The molecule has 3 heteroatoms. The fourth-order valence-corrected chi connectivity index (χ4v) is 8.21. The molecule has 1 unspecified atom stereocenters. The first kappa shape index (κ1) is 16.9. The molecule has 1 spiro atoms. The van der Waals surface area contributed by atoms with Gasteiger partial charge in [-0.05, 0) is 86.4 Å².